The van der Waals surface area contributed by atoms with Crippen LogP contribution in [0.5, 0.6) is 0 Å². The van der Waals surface area contributed by atoms with Crippen molar-refractivity contribution in [2.75, 3.05) is 6.61 Å². The van der Waals surface area contributed by atoms with Gasteiger partial charge < -0.3 is 9.84 Å². The number of rotatable bonds is 3. The Kier molecular flexibility index (Phi) is 3.51. The average molecular weight is 254 g/mol. The van der Waals surface area contributed by atoms with Gasteiger partial charge in [0.1, 0.15) is 0 Å². The molecular formula is C17H18O2. The molecule has 0 saturated heterocycles. The summed E-state index contributed by atoms with van der Waals surface area (Å²) in [5.74, 6) is 0. The summed E-state index contributed by atoms with van der Waals surface area (Å²) in [6.07, 6.45) is 3.89. The quantitative estimate of drug-likeness (QED) is 0.909. The van der Waals surface area contributed by atoms with Gasteiger partial charge in [-0.3, -0.25) is 0 Å². The Bertz CT molecular complexity index is 601. The summed E-state index contributed by atoms with van der Waals surface area (Å²) >= 11 is 0. The van der Waals surface area contributed by atoms with Crippen LogP contribution in [0.15, 0.2) is 54.3 Å². The first kappa shape index (κ1) is 12.2. The molecule has 0 fully saturated rings. The number of benzene rings is 2. The maximum absolute atomic E-state index is 10.3. The van der Waals surface area contributed by atoms with E-state index in [-0.39, 0.29) is 0 Å². The van der Waals surface area contributed by atoms with Crippen molar-refractivity contribution in [3.63, 3.8) is 0 Å². The maximum atomic E-state index is 10.3. The van der Waals surface area contributed by atoms with Crippen LogP contribution in [-0.2, 0) is 11.2 Å². The molecule has 0 spiro atoms. The van der Waals surface area contributed by atoms with Gasteiger partial charge in [-0.05, 0) is 34.8 Å². The molecule has 1 unspecified atom stereocenters. The fourth-order valence-corrected chi connectivity index (χ4v) is 2.55. The Balaban J connectivity index is 1.79. The molecule has 0 radical (unpaired) electrons. The average Bonchev–Trinajstić information content (AvgIpc) is 2.48. The highest BCUT2D eigenvalue weighted by Crippen LogP contribution is 2.21. The van der Waals surface area contributed by atoms with Gasteiger partial charge in [0.25, 0.3) is 0 Å². The van der Waals surface area contributed by atoms with Crippen molar-refractivity contribution in [3.8, 4) is 0 Å². The van der Waals surface area contributed by atoms with Crippen LogP contribution in [0.25, 0.3) is 10.8 Å². The van der Waals surface area contributed by atoms with E-state index in [1.807, 2.05) is 12.1 Å². The summed E-state index contributed by atoms with van der Waals surface area (Å²) < 4.78 is 5.29. The molecule has 0 aromatic heterocycles. The maximum Gasteiger partial charge on any atom is 0.0876 e. The third kappa shape index (κ3) is 2.79. The highest BCUT2D eigenvalue weighted by Gasteiger charge is 2.14. The van der Waals surface area contributed by atoms with Gasteiger partial charge in [0.2, 0.25) is 0 Å². The van der Waals surface area contributed by atoms with Gasteiger partial charge in [-0.15, -0.1) is 0 Å². The monoisotopic (exact) mass is 254 g/mol. The fourth-order valence-electron chi connectivity index (χ4n) is 2.55. The lowest BCUT2D eigenvalue weighted by molar-refractivity contribution is 0.169. The Morgan fingerprint density at radius 3 is 2.74 bits per heavy atom. The molecule has 0 saturated carbocycles. The van der Waals surface area contributed by atoms with E-state index in [9.17, 15) is 5.11 Å². The first-order valence-corrected chi connectivity index (χ1v) is 6.79. The highest BCUT2D eigenvalue weighted by atomic mass is 16.5. The van der Waals surface area contributed by atoms with Crippen molar-refractivity contribution < 1.29 is 9.84 Å². The normalized spacial score (nSPS) is 16.8. The van der Waals surface area contributed by atoms with Crippen molar-refractivity contribution in [3.05, 3.63) is 59.9 Å². The Labute approximate surface area is 113 Å². The van der Waals surface area contributed by atoms with E-state index in [0.29, 0.717) is 6.42 Å². The molecule has 1 heterocycles. The van der Waals surface area contributed by atoms with Crippen molar-refractivity contribution >= 4 is 10.8 Å². The standard InChI is InChI=1S/C17H18O2/c18-17(16-6-3-9-19-12-16)11-13-7-8-14-4-1-2-5-15(14)10-13/h1-2,4-5,7-8,10,12,17-18H,3,6,9,11H2. The number of hydrogen-bond acceptors (Lipinski definition) is 2. The minimum absolute atomic E-state index is 0.429. The van der Waals surface area contributed by atoms with Crippen molar-refractivity contribution in [2.24, 2.45) is 0 Å². The summed E-state index contributed by atoms with van der Waals surface area (Å²) in [5, 5.41) is 12.7. The largest absolute Gasteiger partial charge is 0.501 e. The molecule has 0 amide bonds. The molecule has 1 N–H and O–H groups in total. The molecule has 2 aromatic rings. The number of fused-ring (bicyclic) bond motifs is 1. The van der Waals surface area contributed by atoms with Crippen LogP contribution in [0.1, 0.15) is 18.4 Å². The molecule has 1 aliphatic rings. The number of hydrogen-bond donors (Lipinski definition) is 1. The number of aliphatic hydroxyl groups is 1. The summed E-state index contributed by atoms with van der Waals surface area (Å²) in [7, 11) is 0. The zero-order valence-electron chi connectivity index (χ0n) is 10.9. The van der Waals surface area contributed by atoms with Crippen LogP contribution in [0.3, 0.4) is 0 Å². The third-order valence-corrected chi connectivity index (χ3v) is 3.63. The molecule has 0 aliphatic carbocycles. The lowest BCUT2D eigenvalue weighted by atomic mass is 9.97. The molecule has 98 valence electrons. The molecule has 3 rings (SSSR count). The van der Waals surface area contributed by atoms with E-state index in [4.69, 9.17) is 4.74 Å². The van der Waals surface area contributed by atoms with Gasteiger partial charge in [-0.2, -0.15) is 0 Å². The predicted molar refractivity (Wildman–Crippen MR) is 76.9 cm³/mol. The minimum Gasteiger partial charge on any atom is -0.501 e. The van der Waals surface area contributed by atoms with Crippen molar-refractivity contribution in [2.45, 2.75) is 25.4 Å². The van der Waals surface area contributed by atoms with Gasteiger partial charge in [0.05, 0.1) is 19.0 Å². The van der Waals surface area contributed by atoms with Crippen LogP contribution in [0.4, 0.5) is 0 Å². The lowest BCUT2D eigenvalue weighted by Crippen LogP contribution is -2.17. The van der Waals surface area contributed by atoms with Crippen molar-refractivity contribution in [1.29, 1.82) is 0 Å². The second kappa shape index (κ2) is 5.45. The second-order valence-electron chi connectivity index (χ2n) is 5.07. The molecule has 0 bridgehead atoms. The molecule has 19 heavy (non-hydrogen) atoms. The van der Waals surface area contributed by atoms with Gasteiger partial charge in [-0.25, -0.2) is 0 Å². The zero-order chi connectivity index (χ0) is 13.1. The number of ether oxygens (including phenoxy) is 1. The summed E-state index contributed by atoms with van der Waals surface area (Å²) in [6, 6.07) is 14.7. The molecule has 2 aromatic carbocycles. The lowest BCUT2D eigenvalue weighted by Gasteiger charge is -2.19. The Morgan fingerprint density at radius 2 is 1.95 bits per heavy atom. The predicted octanol–water partition coefficient (Wildman–Crippen LogP) is 3.44. The SMILES string of the molecule is OC(Cc1ccc2ccccc2c1)C1=COCCC1. The molecular weight excluding hydrogens is 236 g/mol. The first-order chi connectivity index (χ1) is 9.33. The van der Waals surface area contributed by atoms with Crippen LogP contribution < -0.4 is 0 Å². The van der Waals surface area contributed by atoms with Gasteiger partial charge in [0, 0.05) is 6.42 Å². The highest BCUT2D eigenvalue weighted by molar-refractivity contribution is 5.83. The topological polar surface area (TPSA) is 29.5 Å². The van der Waals surface area contributed by atoms with Gasteiger partial charge >= 0.3 is 0 Å². The Morgan fingerprint density at radius 1 is 1.11 bits per heavy atom. The number of aliphatic hydroxyl groups excluding tert-OH is 1. The van der Waals surface area contributed by atoms with Crippen LogP contribution in [-0.4, -0.2) is 17.8 Å². The second-order valence-corrected chi connectivity index (χ2v) is 5.07. The minimum atomic E-state index is -0.429. The van der Waals surface area contributed by atoms with E-state index < -0.39 is 6.10 Å². The van der Waals surface area contributed by atoms with Crippen LogP contribution >= 0.6 is 0 Å². The third-order valence-electron chi connectivity index (χ3n) is 3.63. The smallest absolute Gasteiger partial charge is 0.0876 e. The zero-order valence-corrected chi connectivity index (χ0v) is 10.9. The molecule has 2 nitrogen and oxygen atoms in total. The van der Waals surface area contributed by atoms with Crippen molar-refractivity contribution in [1.82, 2.24) is 0 Å². The molecule has 2 heteroatoms. The molecule has 1 aliphatic heterocycles. The van der Waals surface area contributed by atoms with Gasteiger partial charge in [-0.1, -0.05) is 42.5 Å². The van der Waals surface area contributed by atoms with Crippen LogP contribution in [0, 0.1) is 0 Å². The Hall–Kier alpha value is -1.80. The fraction of sp³-hybridized carbons (Fsp3) is 0.294. The van der Waals surface area contributed by atoms with Gasteiger partial charge in [0.15, 0.2) is 0 Å². The van der Waals surface area contributed by atoms with Crippen LogP contribution in [0.2, 0.25) is 0 Å². The van der Waals surface area contributed by atoms with E-state index in [1.165, 1.54) is 10.8 Å². The van der Waals surface area contributed by atoms with E-state index in [1.54, 1.807) is 6.26 Å². The van der Waals surface area contributed by atoms with E-state index in [2.05, 4.69) is 30.3 Å². The summed E-state index contributed by atoms with van der Waals surface area (Å²) in [4.78, 5) is 0. The summed E-state index contributed by atoms with van der Waals surface area (Å²) in [5.41, 5.74) is 2.18. The molecule has 1 atom stereocenters. The first-order valence-electron chi connectivity index (χ1n) is 6.79. The van der Waals surface area contributed by atoms with E-state index >= 15 is 0 Å². The summed E-state index contributed by atoms with van der Waals surface area (Å²) in [6.45, 7) is 0.770. The van der Waals surface area contributed by atoms with E-state index in [0.717, 1.165) is 30.6 Å².